The summed E-state index contributed by atoms with van der Waals surface area (Å²) in [6, 6.07) is 11.7. The topological polar surface area (TPSA) is 61.1 Å². The molecule has 0 bridgehead atoms. The zero-order valence-corrected chi connectivity index (χ0v) is 18.2. The van der Waals surface area contributed by atoms with Crippen molar-refractivity contribution in [2.75, 3.05) is 46.8 Å². The molecular formula is C23H25NO5S. The lowest BCUT2D eigenvalue weighted by Crippen LogP contribution is -2.41. The van der Waals surface area contributed by atoms with E-state index in [9.17, 15) is 4.79 Å². The van der Waals surface area contributed by atoms with Gasteiger partial charge in [0.1, 0.15) is 11.3 Å². The Hall–Kier alpha value is -2.64. The fourth-order valence-electron chi connectivity index (χ4n) is 3.70. The zero-order valence-electron chi connectivity index (χ0n) is 17.4. The monoisotopic (exact) mass is 427 g/mol. The van der Waals surface area contributed by atoms with Crippen LogP contribution in [0.2, 0.25) is 0 Å². The number of nitrogens with zero attached hydrogens (tertiary/aromatic N) is 1. The van der Waals surface area contributed by atoms with Gasteiger partial charge in [0, 0.05) is 24.0 Å². The van der Waals surface area contributed by atoms with Gasteiger partial charge < -0.3 is 23.5 Å². The van der Waals surface area contributed by atoms with E-state index in [1.54, 1.807) is 26.0 Å². The second kappa shape index (κ2) is 9.02. The summed E-state index contributed by atoms with van der Waals surface area (Å²) in [5, 5.41) is 1.01. The minimum Gasteiger partial charge on any atom is -0.493 e. The van der Waals surface area contributed by atoms with E-state index >= 15 is 0 Å². The lowest BCUT2D eigenvalue weighted by atomic mass is 10.1. The third kappa shape index (κ3) is 4.00. The number of hydrogen-bond donors (Lipinski definition) is 0. The zero-order chi connectivity index (χ0) is 21.1. The molecule has 30 heavy (non-hydrogen) atoms. The van der Waals surface area contributed by atoms with Gasteiger partial charge in [-0.15, -0.1) is 11.8 Å². The Morgan fingerprint density at radius 3 is 2.53 bits per heavy atom. The molecule has 1 saturated heterocycles. The first-order valence-corrected chi connectivity index (χ1v) is 11.0. The molecule has 0 aliphatic carbocycles. The maximum atomic E-state index is 12.6. The second-order valence-corrected chi connectivity index (χ2v) is 7.85. The third-order valence-electron chi connectivity index (χ3n) is 5.28. The fraction of sp³-hybridized carbons (Fsp3) is 0.348. The summed E-state index contributed by atoms with van der Waals surface area (Å²) < 4.78 is 22.3. The molecule has 6 nitrogen and oxygen atoms in total. The van der Waals surface area contributed by atoms with Crippen molar-refractivity contribution in [2.45, 2.75) is 11.3 Å². The lowest BCUT2D eigenvalue weighted by Gasteiger charge is -2.26. The van der Waals surface area contributed by atoms with Crippen molar-refractivity contribution in [1.29, 1.82) is 0 Å². The van der Waals surface area contributed by atoms with Crippen LogP contribution in [0.5, 0.6) is 11.5 Å². The van der Waals surface area contributed by atoms with Gasteiger partial charge >= 0.3 is 0 Å². The van der Waals surface area contributed by atoms with Crippen LogP contribution in [-0.2, 0) is 16.0 Å². The highest BCUT2D eigenvalue weighted by atomic mass is 32.2. The Morgan fingerprint density at radius 1 is 1.07 bits per heavy atom. The van der Waals surface area contributed by atoms with E-state index in [4.69, 9.17) is 18.6 Å². The van der Waals surface area contributed by atoms with E-state index in [-0.39, 0.29) is 5.91 Å². The van der Waals surface area contributed by atoms with Crippen LogP contribution in [-0.4, -0.2) is 57.6 Å². The standard InChI is InChI=1S/C23H25NO5S/c1-26-19-7-5-16(14-20(19)27-2)22-23(30-3)17-12-15(4-6-18(17)29-22)13-21(25)24-8-10-28-11-9-24/h4-7,12,14H,8-11,13H2,1-3H3. The molecular weight excluding hydrogens is 402 g/mol. The summed E-state index contributed by atoms with van der Waals surface area (Å²) in [4.78, 5) is 15.5. The van der Waals surface area contributed by atoms with Crippen LogP contribution in [0.25, 0.3) is 22.3 Å². The molecule has 2 heterocycles. The number of thioether (sulfide) groups is 1. The van der Waals surface area contributed by atoms with Crippen molar-refractivity contribution >= 4 is 28.6 Å². The maximum absolute atomic E-state index is 12.6. The predicted octanol–water partition coefficient (Wildman–Crippen LogP) is 4.24. The normalized spacial score (nSPS) is 14.2. The first-order valence-electron chi connectivity index (χ1n) is 9.82. The van der Waals surface area contributed by atoms with Crippen molar-refractivity contribution in [3.8, 4) is 22.8 Å². The molecule has 0 unspecified atom stereocenters. The number of amides is 1. The highest BCUT2D eigenvalue weighted by Gasteiger charge is 2.20. The number of carbonyl (C=O) groups is 1. The van der Waals surface area contributed by atoms with E-state index in [2.05, 4.69) is 6.07 Å². The van der Waals surface area contributed by atoms with Crippen molar-refractivity contribution in [3.63, 3.8) is 0 Å². The van der Waals surface area contributed by atoms with Crippen LogP contribution < -0.4 is 9.47 Å². The van der Waals surface area contributed by atoms with E-state index in [0.29, 0.717) is 44.2 Å². The van der Waals surface area contributed by atoms with Crippen LogP contribution in [0.3, 0.4) is 0 Å². The van der Waals surface area contributed by atoms with Gasteiger partial charge in [-0.05, 0) is 42.2 Å². The molecule has 1 fully saturated rings. The van der Waals surface area contributed by atoms with Gasteiger partial charge in [-0.1, -0.05) is 6.07 Å². The number of fused-ring (bicyclic) bond motifs is 1. The Labute approximate surface area is 180 Å². The average Bonchev–Trinajstić information content (AvgIpc) is 3.17. The number of methoxy groups -OCH3 is 2. The number of hydrogen-bond acceptors (Lipinski definition) is 6. The van der Waals surface area contributed by atoms with Crippen molar-refractivity contribution in [2.24, 2.45) is 0 Å². The van der Waals surface area contributed by atoms with E-state index in [0.717, 1.165) is 32.8 Å². The van der Waals surface area contributed by atoms with Gasteiger partial charge in [0.2, 0.25) is 5.91 Å². The van der Waals surface area contributed by atoms with Crippen LogP contribution in [0.15, 0.2) is 45.7 Å². The number of rotatable bonds is 6. The Balaban J connectivity index is 1.67. The molecule has 0 atom stereocenters. The van der Waals surface area contributed by atoms with Gasteiger partial charge in [0.05, 0.1) is 38.7 Å². The molecule has 0 radical (unpaired) electrons. The highest BCUT2D eigenvalue weighted by molar-refractivity contribution is 7.99. The molecule has 0 spiro atoms. The van der Waals surface area contributed by atoms with Crippen LogP contribution in [0.4, 0.5) is 0 Å². The molecule has 1 amide bonds. The van der Waals surface area contributed by atoms with Gasteiger partial charge in [0.15, 0.2) is 11.5 Å². The summed E-state index contributed by atoms with van der Waals surface area (Å²) in [7, 11) is 3.24. The molecule has 1 aromatic heterocycles. The van der Waals surface area contributed by atoms with E-state index < -0.39 is 0 Å². The summed E-state index contributed by atoms with van der Waals surface area (Å²) in [6.07, 6.45) is 2.40. The SMILES string of the molecule is COc1ccc(-c2oc3ccc(CC(=O)N4CCOCC4)cc3c2SC)cc1OC. The van der Waals surface area contributed by atoms with E-state index in [1.807, 2.05) is 41.5 Å². The molecule has 4 rings (SSSR count). The molecule has 0 N–H and O–H groups in total. The summed E-state index contributed by atoms with van der Waals surface area (Å²) in [6.45, 7) is 2.54. The van der Waals surface area contributed by atoms with Crippen LogP contribution in [0.1, 0.15) is 5.56 Å². The van der Waals surface area contributed by atoms with Crippen molar-refractivity contribution < 1.29 is 23.4 Å². The number of benzene rings is 2. The van der Waals surface area contributed by atoms with Gasteiger partial charge in [-0.2, -0.15) is 0 Å². The fourth-order valence-corrected chi connectivity index (χ4v) is 4.43. The number of ether oxygens (including phenoxy) is 3. The molecule has 1 aliphatic rings. The lowest BCUT2D eigenvalue weighted by molar-refractivity contribution is -0.134. The summed E-state index contributed by atoms with van der Waals surface area (Å²) in [5.74, 6) is 2.24. The van der Waals surface area contributed by atoms with Crippen LogP contribution >= 0.6 is 11.8 Å². The molecule has 1 aliphatic heterocycles. The molecule has 7 heteroatoms. The molecule has 158 valence electrons. The largest absolute Gasteiger partial charge is 0.493 e. The van der Waals surface area contributed by atoms with Crippen molar-refractivity contribution in [3.05, 3.63) is 42.0 Å². The number of carbonyl (C=O) groups excluding carboxylic acids is 1. The second-order valence-electron chi connectivity index (χ2n) is 7.03. The minimum atomic E-state index is 0.131. The smallest absolute Gasteiger partial charge is 0.227 e. The Kier molecular flexibility index (Phi) is 6.20. The Bertz CT molecular complexity index is 1060. The van der Waals surface area contributed by atoms with Crippen LogP contribution in [0, 0.1) is 0 Å². The maximum Gasteiger partial charge on any atom is 0.227 e. The molecule has 0 saturated carbocycles. The summed E-state index contributed by atoms with van der Waals surface area (Å²) in [5.41, 5.74) is 2.69. The Morgan fingerprint density at radius 2 is 1.83 bits per heavy atom. The van der Waals surface area contributed by atoms with Crippen molar-refractivity contribution in [1.82, 2.24) is 4.90 Å². The number of furan rings is 1. The van der Waals surface area contributed by atoms with Gasteiger partial charge in [0.25, 0.3) is 0 Å². The van der Waals surface area contributed by atoms with Gasteiger partial charge in [-0.25, -0.2) is 0 Å². The highest BCUT2D eigenvalue weighted by Crippen LogP contribution is 2.42. The summed E-state index contributed by atoms with van der Waals surface area (Å²) >= 11 is 1.63. The third-order valence-corrected chi connectivity index (χ3v) is 6.09. The minimum absolute atomic E-state index is 0.131. The molecule has 2 aromatic carbocycles. The molecule has 3 aromatic rings. The van der Waals surface area contributed by atoms with E-state index in [1.165, 1.54) is 0 Å². The quantitative estimate of drug-likeness (QED) is 0.549. The average molecular weight is 428 g/mol. The number of morpholine rings is 1. The first kappa shape index (κ1) is 20.6. The van der Waals surface area contributed by atoms with Gasteiger partial charge in [-0.3, -0.25) is 4.79 Å². The predicted molar refractivity (Wildman–Crippen MR) is 118 cm³/mol. The first-order chi connectivity index (χ1) is 14.6.